The number of nitrogens with one attached hydrogen (secondary N) is 2. The van der Waals surface area contributed by atoms with Crippen LogP contribution in [0.4, 0.5) is 5.69 Å². The number of anilines is 1. The predicted octanol–water partition coefficient (Wildman–Crippen LogP) is 0.779. The Bertz CT molecular complexity index is 589. The largest absolute Gasteiger partial charge is 0.481 e. The summed E-state index contributed by atoms with van der Waals surface area (Å²) in [5.41, 5.74) is 1.00. The highest BCUT2D eigenvalue weighted by Gasteiger charge is 2.21. The zero-order valence-corrected chi connectivity index (χ0v) is 11.7. The average Bonchev–Trinajstić information content (AvgIpc) is 2.49. The van der Waals surface area contributed by atoms with Gasteiger partial charge in [-0.25, -0.2) is 4.79 Å². The van der Waals surface area contributed by atoms with Crippen molar-refractivity contribution in [1.82, 2.24) is 5.32 Å². The van der Waals surface area contributed by atoms with Crippen molar-refractivity contribution in [2.24, 2.45) is 0 Å². The smallest absolute Gasteiger partial charge is 0.326 e. The van der Waals surface area contributed by atoms with E-state index in [1.807, 2.05) is 0 Å². The number of carboxylic acid groups (broad SMARTS) is 2. The Morgan fingerprint density at radius 1 is 1.18 bits per heavy atom. The number of hydrogen-bond acceptors (Lipinski definition) is 4. The van der Waals surface area contributed by atoms with E-state index in [1.165, 1.54) is 12.1 Å². The van der Waals surface area contributed by atoms with Crippen LogP contribution in [0, 0.1) is 12.3 Å². The second-order valence-electron chi connectivity index (χ2n) is 4.43. The van der Waals surface area contributed by atoms with Crippen LogP contribution in [0.2, 0.25) is 0 Å². The molecule has 1 aromatic rings. The van der Waals surface area contributed by atoms with E-state index in [4.69, 9.17) is 16.6 Å². The first-order chi connectivity index (χ1) is 10.4. The Morgan fingerprint density at radius 3 is 2.32 bits per heavy atom. The molecular formula is C15H16N2O5. The fraction of sp³-hybridized carbons (Fsp3) is 0.267. The molecule has 0 aliphatic heterocycles. The van der Waals surface area contributed by atoms with Crippen molar-refractivity contribution in [3.8, 4) is 12.3 Å². The lowest BCUT2D eigenvalue weighted by molar-refractivity contribution is -0.140. The molecule has 1 aromatic carbocycles. The summed E-state index contributed by atoms with van der Waals surface area (Å²) < 4.78 is 0. The monoisotopic (exact) mass is 304 g/mol. The molecule has 0 aliphatic carbocycles. The molecule has 0 unspecified atom stereocenters. The molecule has 0 fully saturated rings. The van der Waals surface area contributed by atoms with E-state index in [2.05, 4.69) is 16.6 Å². The Morgan fingerprint density at radius 2 is 1.82 bits per heavy atom. The molecule has 0 heterocycles. The molecule has 0 spiro atoms. The fourth-order valence-corrected chi connectivity index (χ4v) is 1.66. The SMILES string of the molecule is C#CCNc1ccc(C(=O)N[C@@H](CCC(=O)O)C(=O)O)cc1. The first-order valence-electron chi connectivity index (χ1n) is 6.47. The van der Waals surface area contributed by atoms with Gasteiger partial charge in [0.25, 0.3) is 5.91 Å². The molecular weight excluding hydrogens is 288 g/mol. The number of carbonyl (C=O) groups is 3. The molecule has 0 saturated heterocycles. The lowest BCUT2D eigenvalue weighted by atomic mass is 10.1. The highest BCUT2D eigenvalue weighted by Crippen LogP contribution is 2.10. The average molecular weight is 304 g/mol. The molecule has 0 bridgehead atoms. The maximum absolute atomic E-state index is 12.0. The number of benzene rings is 1. The van der Waals surface area contributed by atoms with Crippen molar-refractivity contribution in [1.29, 1.82) is 0 Å². The minimum Gasteiger partial charge on any atom is -0.481 e. The number of carbonyl (C=O) groups excluding carboxylic acids is 1. The molecule has 0 radical (unpaired) electrons. The highest BCUT2D eigenvalue weighted by atomic mass is 16.4. The summed E-state index contributed by atoms with van der Waals surface area (Å²) in [7, 11) is 0. The van der Waals surface area contributed by atoms with E-state index in [0.29, 0.717) is 6.54 Å². The number of amides is 1. The number of terminal acetylenes is 1. The van der Waals surface area contributed by atoms with Crippen molar-refractivity contribution in [3.63, 3.8) is 0 Å². The third-order valence-electron chi connectivity index (χ3n) is 2.79. The Labute approximate surface area is 127 Å². The van der Waals surface area contributed by atoms with Crippen molar-refractivity contribution in [2.45, 2.75) is 18.9 Å². The van der Waals surface area contributed by atoms with E-state index < -0.39 is 23.9 Å². The quantitative estimate of drug-likeness (QED) is 0.527. The molecule has 7 nitrogen and oxygen atoms in total. The highest BCUT2D eigenvalue weighted by molar-refractivity contribution is 5.96. The van der Waals surface area contributed by atoms with E-state index in [0.717, 1.165) is 5.69 Å². The van der Waals surface area contributed by atoms with Gasteiger partial charge in [-0.2, -0.15) is 0 Å². The van der Waals surface area contributed by atoms with Gasteiger partial charge in [-0.1, -0.05) is 5.92 Å². The van der Waals surface area contributed by atoms with Crippen LogP contribution in [-0.4, -0.2) is 40.6 Å². The van der Waals surface area contributed by atoms with Gasteiger partial charge >= 0.3 is 11.9 Å². The maximum Gasteiger partial charge on any atom is 0.326 e. The van der Waals surface area contributed by atoms with Gasteiger partial charge in [0.1, 0.15) is 6.04 Å². The van der Waals surface area contributed by atoms with Crippen LogP contribution >= 0.6 is 0 Å². The molecule has 0 aliphatic rings. The second-order valence-corrected chi connectivity index (χ2v) is 4.43. The Balaban J connectivity index is 2.67. The Hall–Kier alpha value is -3.01. The predicted molar refractivity (Wildman–Crippen MR) is 79.5 cm³/mol. The summed E-state index contributed by atoms with van der Waals surface area (Å²) in [5, 5.41) is 22.8. The van der Waals surface area contributed by atoms with Gasteiger partial charge in [0.15, 0.2) is 0 Å². The topological polar surface area (TPSA) is 116 Å². The molecule has 0 aromatic heterocycles. The summed E-state index contributed by atoms with van der Waals surface area (Å²) in [6.45, 7) is 0.349. The molecule has 1 rings (SSSR count). The van der Waals surface area contributed by atoms with Gasteiger partial charge < -0.3 is 20.8 Å². The van der Waals surface area contributed by atoms with Crippen molar-refractivity contribution >= 4 is 23.5 Å². The first kappa shape index (κ1) is 17.0. The van der Waals surface area contributed by atoms with E-state index >= 15 is 0 Å². The van der Waals surface area contributed by atoms with Gasteiger partial charge in [-0.15, -0.1) is 6.42 Å². The first-order valence-corrected chi connectivity index (χ1v) is 6.47. The lowest BCUT2D eigenvalue weighted by Crippen LogP contribution is -2.41. The van der Waals surface area contributed by atoms with E-state index in [9.17, 15) is 14.4 Å². The van der Waals surface area contributed by atoms with Crippen LogP contribution in [0.3, 0.4) is 0 Å². The van der Waals surface area contributed by atoms with Gasteiger partial charge in [0.05, 0.1) is 6.54 Å². The zero-order chi connectivity index (χ0) is 16.5. The minimum absolute atomic E-state index is 0.182. The lowest BCUT2D eigenvalue weighted by Gasteiger charge is -2.13. The maximum atomic E-state index is 12.0. The van der Waals surface area contributed by atoms with E-state index in [1.54, 1.807) is 12.1 Å². The molecule has 4 N–H and O–H groups in total. The third-order valence-corrected chi connectivity index (χ3v) is 2.79. The summed E-state index contributed by atoms with van der Waals surface area (Å²) >= 11 is 0. The van der Waals surface area contributed by atoms with Gasteiger partial charge in [0.2, 0.25) is 0 Å². The number of aliphatic carboxylic acids is 2. The molecule has 7 heteroatoms. The van der Waals surface area contributed by atoms with Crippen molar-refractivity contribution in [3.05, 3.63) is 29.8 Å². The molecule has 1 amide bonds. The Kier molecular flexibility index (Phi) is 6.44. The molecule has 116 valence electrons. The van der Waals surface area contributed by atoms with Crippen LogP contribution in [0.1, 0.15) is 23.2 Å². The van der Waals surface area contributed by atoms with Crippen molar-refractivity contribution < 1.29 is 24.6 Å². The number of rotatable bonds is 8. The minimum atomic E-state index is -1.28. The fourth-order valence-electron chi connectivity index (χ4n) is 1.66. The number of carboxylic acids is 2. The summed E-state index contributed by atoms with van der Waals surface area (Å²) in [6, 6.07) is 5.07. The third kappa shape index (κ3) is 5.54. The van der Waals surface area contributed by atoms with Gasteiger partial charge in [-0.05, 0) is 30.7 Å². The summed E-state index contributed by atoms with van der Waals surface area (Å²) in [6.07, 6.45) is 4.59. The van der Waals surface area contributed by atoms with Crippen molar-refractivity contribution in [2.75, 3.05) is 11.9 Å². The standard InChI is InChI=1S/C15H16N2O5/c1-2-9-16-11-5-3-10(4-6-11)14(20)17-12(15(21)22)7-8-13(18)19/h1,3-6,12,16H,7-9H2,(H,17,20)(H,18,19)(H,21,22)/t12-/m0/s1. The molecule has 22 heavy (non-hydrogen) atoms. The van der Waals surface area contributed by atoms with Crippen LogP contribution in [-0.2, 0) is 9.59 Å². The normalized spacial score (nSPS) is 11.0. The molecule has 1 atom stereocenters. The van der Waals surface area contributed by atoms with Crippen LogP contribution in [0.5, 0.6) is 0 Å². The number of hydrogen-bond donors (Lipinski definition) is 4. The van der Waals surface area contributed by atoms with Crippen LogP contribution in [0.15, 0.2) is 24.3 Å². The second kappa shape index (κ2) is 8.32. The molecule has 0 saturated carbocycles. The van der Waals surface area contributed by atoms with Crippen LogP contribution < -0.4 is 10.6 Å². The van der Waals surface area contributed by atoms with Gasteiger partial charge in [-0.3, -0.25) is 9.59 Å². The van der Waals surface area contributed by atoms with Gasteiger partial charge in [0, 0.05) is 17.7 Å². The van der Waals surface area contributed by atoms with E-state index in [-0.39, 0.29) is 18.4 Å². The van der Waals surface area contributed by atoms with Crippen LogP contribution in [0.25, 0.3) is 0 Å². The summed E-state index contributed by atoms with van der Waals surface area (Å²) in [5.74, 6) is -0.567. The zero-order valence-electron chi connectivity index (χ0n) is 11.7. The summed E-state index contributed by atoms with van der Waals surface area (Å²) in [4.78, 5) is 33.4.